The van der Waals surface area contributed by atoms with Crippen molar-refractivity contribution in [2.75, 3.05) is 6.54 Å². The molecule has 6 heteroatoms. The normalized spacial score (nSPS) is 10.7. The molecular weight excluding hydrogens is 258 g/mol. The lowest BCUT2D eigenvalue weighted by Crippen LogP contribution is -2.23. The summed E-state index contributed by atoms with van der Waals surface area (Å²) in [5.74, 6) is -0.204. The zero-order valence-corrected chi connectivity index (χ0v) is 11.5. The number of aromatic nitrogens is 2. The van der Waals surface area contributed by atoms with Crippen LogP contribution in [0.1, 0.15) is 29.5 Å². The summed E-state index contributed by atoms with van der Waals surface area (Å²) in [5, 5.41) is 11.7. The number of fused-ring (bicyclic) bond motifs is 1. The first kappa shape index (κ1) is 14.0. The summed E-state index contributed by atoms with van der Waals surface area (Å²) in [6.07, 6.45) is 0.376. The van der Waals surface area contributed by atoms with Gasteiger partial charge in [-0.05, 0) is 32.0 Å². The Labute approximate surface area is 116 Å². The number of carbonyl (C=O) groups excluding carboxylic acids is 1. The van der Waals surface area contributed by atoms with E-state index in [9.17, 15) is 9.59 Å². The zero-order valence-electron chi connectivity index (χ0n) is 11.5. The zero-order chi connectivity index (χ0) is 14.7. The number of carboxylic acid groups (broad SMARTS) is 1. The van der Waals surface area contributed by atoms with E-state index in [4.69, 9.17) is 5.11 Å². The van der Waals surface area contributed by atoms with Crippen molar-refractivity contribution in [3.63, 3.8) is 0 Å². The van der Waals surface area contributed by atoms with Gasteiger partial charge in [0.1, 0.15) is 5.82 Å². The number of rotatable bonds is 5. The lowest BCUT2D eigenvalue weighted by Gasteiger charge is -2.07. The summed E-state index contributed by atoms with van der Waals surface area (Å²) in [6, 6.07) is 4.83. The highest BCUT2D eigenvalue weighted by Gasteiger charge is 2.11. The summed E-state index contributed by atoms with van der Waals surface area (Å²) in [5.41, 5.74) is 1.70. The number of carboxylic acids is 1. The molecule has 20 heavy (non-hydrogen) atoms. The number of amides is 1. The predicted octanol–water partition coefficient (Wildman–Crippen LogP) is 1.57. The number of benzene rings is 1. The molecule has 2 N–H and O–H groups in total. The van der Waals surface area contributed by atoms with Crippen molar-refractivity contribution in [3.8, 4) is 0 Å². The third-order valence-corrected chi connectivity index (χ3v) is 3.12. The molecule has 0 saturated carbocycles. The minimum Gasteiger partial charge on any atom is -0.478 e. The molecule has 0 aliphatic rings. The van der Waals surface area contributed by atoms with Gasteiger partial charge < -0.3 is 15.0 Å². The SMILES string of the molecule is CCNC(=O)CCn1c(C)nc2cc(C(=O)O)ccc21. The molecule has 0 spiro atoms. The standard InChI is InChI=1S/C14H17N3O3/c1-3-15-13(18)6-7-17-9(2)16-11-8-10(14(19)20)4-5-12(11)17/h4-5,8H,3,6-7H2,1-2H3,(H,15,18)(H,19,20). The van der Waals surface area contributed by atoms with Crippen LogP contribution >= 0.6 is 0 Å². The van der Waals surface area contributed by atoms with Crippen LogP contribution < -0.4 is 5.32 Å². The maximum Gasteiger partial charge on any atom is 0.335 e. The third-order valence-electron chi connectivity index (χ3n) is 3.12. The van der Waals surface area contributed by atoms with E-state index in [0.717, 1.165) is 11.3 Å². The summed E-state index contributed by atoms with van der Waals surface area (Å²) in [6.45, 7) is 4.87. The van der Waals surface area contributed by atoms with Crippen LogP contribution in [-0.2, 0) is 11.3 Å². The van der Waals surface area contributed by atoms with Gasteiger partial charge in [-0.1, -0.05) is 0 Å². The van der Waals surface area contributed by atoms with Crippen molar-refractivity contribution >= 4 is 22.9 Å². The first-order valence-corrected chi connectivity index (χ1v) is 6.49. The highest BCUT2D eigenvalue weighted by Crippen LogP contribution is 2.18. The second kappa shape index (κ2) is 5.73. The van der Waals surface area contributed by atoms with Crippen molar-refractivity contribution < 1.29 is 14.7 Å². The van der Waals surface area contributed by atoms with E-state index in [2.05, 4.69) is 10.3 Å². The van der Waals surface area contributed by atoms with E-state index in [0.29, 0.717) is 25.0 Å². The summed E-state index contributed by atoms with van der Waals surface area (Å²) in [4.78, 5) is 26.8. The minimum absolute atomic E-state index is 0.00379. The lowest BCUT2D eigenvalue weighted by molar-refractivity contribution is -0.121. The molecule has 0 unspecified atom stereocenters. The first-order chi connectivity index (χ1) is 9.52. The fourth-order valence-electron chi connectivity index (χ4n) is 2.16. The second-order valence-corrected chi connectivity index (χ2v) is 4.52. The Morgan fingerprint density at radius 2 is 2.15 bits per heavy atom. The van der Waals surface area contributed by atoms with Gasteiger partial charge in [-0.2, -0.15) is 0 Å². The monoisotopic (exact) mass is 275 g/mol. The third kappa shape index (κ3) is 2.79. The second-order valence-electron chi connectivity index (χ2n) is 4.52. The number of carbonyl (C=O) groups is 2. The molecule has 0 atom stereocenters. The lowest BCUT2D eigenvalue weighted by atomic mass is 10.2. The van der Waals surface area contributed by atoms with E-state index in [1.807, 2.05) is 18.4 Å². The molecule has 0 bridgehead atoms. The summed E-state index contributed by atoms with van der Waals surface area (Å²) < 4.78 is 1.93. The fourth-order valence-corrected chi connectivity index (χ4v) is 2.16. The molecule has 6 nitrogen and oxygen atoms in total. The fraction of sp³-hybridized carbons (Fsp3) is 0.357. The summed E-state index contributed by atoms with van der Waals surface area (Å²) >= 11 is 0. The Morgan fingerprint density at radius 1 is 1.40 bits per heavy atom. The van der Waals surface area contributed by atoms with E-state index in [1.165, 1.54) is 0 Å². The Hall–Kier alpha value is -2.37. The largest absolute Gasteiger partial charge is 0.478 e. The van der Waals surface area contributed by atoms with Crippen LogP contribution in [0.2, 0.25) is 0 Å². The van der Waals surface area contributed by atoms with Crippen molar-refractivity contribution in [1.82, 2.24) is 14.9 Å². The van der Waals surface area contributed by atoms with Crippen molar-refractivity contribution in [3.05, 3.63) is 29.6 Å². The smallest absolute Gasteiger partial charge is 0.335 e. The molecule has 1 amide bonds. The van der Waals surface area contributed by atoms with Crippen molar-refractivity contribution in [2.45, 2.75) is 26.8 Å². The van der Waals surface area contributed by atoms with Gasteiger partial charge in [0, 0.05) is 19.5 Å². The number of aromatic carboxylic acids is 1. The van der Waals surface area contributed by atoms with Crippen LogP contribution in [0, 0.1) is 6.92 Å². The van der Waals surface area contributed by atoms with Crippen LogP contribution in [-0.4, -0.2) is 33.1 Å². The van der Waals surface area contributed by atoms with Gasteiger partial charge in [-0.15, -0.1) is 0 Å². The number of imidazole rings is 1. The summed E-state index contributed by atoms with van der Waals surface area (Å²) in [7, 11) is 0. The maximum atomic E-state index is 11.5. The molecule has 0 saturated heterocycles. The van der Waals surface area contributed by atoms with Gasteiger partial charge in [0.2, 0.25) is 5.91 Å². The molecule has 1 heterocycles. The van der Waals surface area contributed by atoms with E-state index in [-0.39, 0.29) is 11.5 Å². The average Bonchev–Trinajstić information content (AvgIpc) is 2.71. The number of hydrogen-bond acceptors (Lipinski definition) is 3. The predicted molar refractivity (Wildman–Crippen MR) is 74.7 cm³/mol. The Balaban J connectivity index is 2.27. The average molecular weight is 275 g/mol. The van der Waals surface area contributed by atoms with Gasteiger partial charge in [-0.25, -0.2) is 9.78 Å². The molecule has 0 aliphatic heterocycles. The molecule has 0 radical (unpaired) electrons. The van der Waals surface area contributed by atoms with Gasteiger partial charge in [-0.3, -0.25) is 4.79 Å². The topological polar surface area (TPSA) is 84.2 Å². The van der Waals surface area contributed by atoms with Crippen LogP contribution in [0.3, 0.4) is 0 Å². The molecular formula is C14H17N3O3. The molecule has 1 aromatic carbocycles. The number of hydrogen-bond donors (Lipinski definition) is 2. The Bertz CT molecular complexity index is 661. The highest BCUT2D eigenvalue weighted by molar-refractivity contribution is 5.92. The maximum absolute atomic E-state index is 11.5. The molecule has 0 fully saturated rings. The molecule has 106 valence electrons. The van der Waals surface area contributed by atoms with Crippen LogP contribution in [0.5, 0.6) is 0 Å². The van der Waals surface area contributed by atoms with E-state index < -0.39 is 5.97 Å². The van der Waals surface area contributed by atoms with Crippen LogP contribution in [0.4, 0.5) is 0 Å². The minimum atomic E-state index is -0.971. The van der Waals surface area contributed by atoms with Crippen LogP contribution in [0.15, 0.2) is 18.2 Å². The quantitative estimate of drug-likeness (QED) is 0.867. The molecule has 0 aliphatic carbocycles. The number of aryl methyl sites for hydroxylation is 2. The molecule has 2 aromatic rings. The van der Waals surface area contributed by atoms with E-state index >= 15 is 0 Å². The van der Waals surface area contributed by atoms with Gasteiger partial charge in [0.25, 0.3) is 0 Å². The first-order valence-electron chi connectivity index (χ1n) is 6.49. The van der Waals surface area contributed by atoms with Crippen molar-refractivity contribution in [1.29, 1.82) is 0 Å². The van der Waals surface area contributed by atoms with Gasteiger partial charge in [0.15, 0.2) is 0 Å². The van der Waals surface area contributed by atoms with Gasteiger partial charge in [0.05, 0.1) is 16.6 Å². The number of nitrogens with one attached hydrogen (secondary N) is 1. The van der Waals surface area contributed by atoms with Gasteiger partial charge >= 0.3 is 5.97 Å². The van der Waals surface area contributed by atoms with Crippen LogP contribution in [0.25, 0.3) is 11.0 Å². The Kier molecular flexibility index (Phi) is 4.02. The highest BCUT2D eigenvalue weighted by atomic mass is 16.4. The molecule has 2 rings (SSSR count). The molecule has 1 aromatic heterocycles. The van der Waals surface area contributed by atoms with Crippen molar-refractivity contribution in [2.24, 2.45) is 0 Å². The number of nitrogens with zero attached hydrogens (tertiary/aromatic N) is 2. The van der Waals surface area contributed by atoms with E-state index in [1.54, 1.807) is 18.2 Å². The Morgan fingerprint density at radius 3 is 2.80 bits per heavy atom.